The number of rotatable bonds is 8. The molecule has 4 rings (SSSR count). The normalized spacial score (nSPS) is 10.4. The van der Waals surface area contributed by atoms with E-state index in [4.69, 9.17) is 0 Å². The van der Waals surface area contributed by atoms with Crippen LogP contribution in [-0.4, -0.2) is 24.3 Å². The molecule has 0 bridgehead atoms. The monoisotopic (exact) mass is 477 g/mol. The van der Waals surface area contributed by atoms with Crippen molar-refractivity contribution in [3.63, 3.8) is 0 Å². The van der Waals surface area contributed by atoms with Gasteiger partial charge in [0.25, 0.3) is 11.8 Å². The van der Waals surface area contributed by atoms with Crippen LogP contribution in [0.25, 0.3) is 0 Å². The fourth-order valence-electron chi connectivity index (χ4n) is 3.79. The highest BCUT2D eigenvalue weighted by atomic mass is 16.2. The fourth-order valence-corrected chi connectivity index (χ4v) is 3.79. The van der Waals surface area contributed by atoms with Crippen molar-refractivity contribution in [2.75, 3.05) is 22.1 Å². The zero-order valence-electron chi connectivity index (χ0n) is 20.0. The molecule has 36 heavy (non-hydrogen) atoms. The van der Waals surface area contributed by atoms with Gasteiger partial charge >= 0.3 is 0 Å². The summed E-state index contributed by atoms with van der Waals surface area (Å²) in [7, 11) is 0. The van der Waals surface area contributed by atoms with E-state index in [2.05, 4.69) is 10.6 Å². The Bertz CT molecular complexity index is 1320. The standard InChI is InChI=1S/C30H27N3O3/c1-2-33(27-11-7-4-8-12-27)28(34)21-22-13-17-25(18-14-22)31-30(36)24-15-19-26(20-16-24)32-29(35)23-9-5-3-6-10-23/h3-20H,2,21H2,1H3,(H,31,36)(H,32,35). The number of nitrogens with zero attached hydrogens (tertiary/aromatic N) is 1. The van der Waals surface area contributed by atoms with Gasteiger partial charge in [-0.15, -0.1) is 0 Å². The Morgan fingerprint density at radius 1 is 0.611 bits per heavy atom. The number of amides is 3. The number of likely N-dealkylation sites (N-methyl/N-ethyl adjacent to an activating group) is 1. The van der Waals surface area contributed by atoms with Gasteiger partial charge in [-0.25, -0.2) is 0 Å². The number of hydrogen-bond donors (Lipinski definition) is 2. The first-order valence-corrected chi connectivity index (χ1v) is 11.8. The van der Waals surface area contributed by atoms with Gasteiger partial charge in [-0.1, -0.05) is 48.5 Å². The number of nitrogens with one attached hydrogen (secondary N) is 2. The molecule has 2 N–H and O–H groups in total. The van der Waals surface area contributed by atoms with E-state index in [1.807, 2.05) is 55.5 Å². The van der Waals surface area contributed by atoms with Crippen molar-refractivity contribution in [3.05, 3.63) is 126 Å². The van der Waals surface area contributed by atoms with Crippen molar-refractivity contribution in [1.82, 2.24) is 0 Å². The predicted molar refractivity (Wildman–Crippen MR) is 143 cm³/mol. The van der Waals surface area contributed by atoms with E-state index >= 15 is 0 Å². The zero-order chi connectivity index (χ0) is 25.3. The van der Waals surface area contributed by atoms with Gasteiger partial charge < -0.3 is 15.5 Å². The second-order valence-corrected chi connectivity index (χ2v) is 8.20. The summed E-state index contributed by atoms with van der Waals surface area (Å²) in [6, 6.07) is 32.5. The Morgan fingerprint density at radius 2 is 1.08 bits per heavy atom. The molecule has 0 saturated carbocycles. The van der Waals surface area contributed by atoms with Crippen molar-refractivity contribution < 1.29 is 14.4 Å². The van der Waals surface area contributed by atoms with Gasteiger partial charge in [0.15, 0.2) is 0 Å². The van der Waals surface area contributed by atoms with E-state index in [1.54, 1.807) is 65.6 Å². The van der Waals surface area contributed by atoms with Crippen molar-refractivity contribution in [3.8, 4) is 0 Å². The summed E-state index contributed by atoms with van der Waals surface area (Å²) in [5.41, 5.74) is 4.00. The lowest BCUT2D eigenvalue weighted by atomic mass is 10.1. The quantitative estimate of drug-likeness (QED) is 0.337. The van der Waals surface area contributed by atoms with Gasteiger partial charge in [0.2, 0.25) is 5.91 Å². The third kappa shape index (κ3) is 6.24. The fraction of sp³-hybridized carbons (Fsp3) is 0.100. The molecule has 4 aromatic carbocycles. The maximum atomic E-state index is 12.8. The Balaban J connectivity index is 1.33. The van der Waals surface area contributed by atoms with Crippen LogP contribution in [0.4, 0.5) is 17.1 Å². The van der Waals surface area contributed by atoms with Crippen LogP contribution in [-0.2, 0) is 11.2 Å². The Labute approximate surface area is 210 Å². The molecule has 6 heteroatoms. The Morgan fingerprint density at radius 3 is 1.61 bits per heavy atom. The van der Waals surface area contributed by atoms with E-state index in [0.29, 0.717) is 29.0 Å². The number of anilines is 3. The van der Waals surface area contributed by atoms with Crippen LogP contribution >= 0.6 is 0 Å². The summed E-state index contributed by atoms with van der Waals surface area (Å²) in [5.74, 6) is -0.460. The highest BCUT2D eigenvalue weighted by molar-refractivity contribution is 6.06. The smallest absolute Gasteiger partial charge is 0.255 e. The van der Waals surface area contributed by atoms with Crippen LogP contribution in [0.5, 0.6) is 0 Å². The summed E-state index contributed by atoms with van der Waals surface area (Å²) in [6.45, 7) is 2.54. The number of benzene rings is 4. The van der Waals surface area contributed by atoms with Gasteiger partial charge in [0.1, 0.15) is 0 Å². The zero-order valence-corrected chi connectivity index (χ0v) is 20.0. The van der Waals surface area contributed by atoms with E-state index in [-0.39, 0.29) is 24.1 Å². The van der Waals surface area contributed by atoms with Crippen LogP contribution in [0.3, 0.4) is 0 Å². The molecule has 180 valence electrons. The summed E-state index contributed by atoms with van der Waals surface area (Å²) >= 11 is 0. The molecule has 0 saturated heterocycles. The van der Waals surface area contributed by atoms with Crippen molar-refractivity contribution in [2.45, 2.75) is 13.3 Å². The minimum Gasteiger partial charge on any atom is -0.322 e. The van der Waals surface area contributed by atoms with Crippen molar-refractivity contribution >= 4 is 34.8 Å². The number of para-hydroxylation sites is 1. The molecular formula is C30H27N3O3. The van der Waals surface area contributed by atoms with Crippen molar-refractivity contribution in [1.29, 1.82) is 0 Å². The molecule has 0 spiro atoms. The second-order valence-electron chi connectivity index (χ2n) is 8.20. The van der Waals surface area contributed by atoms with Crippen LogP contribution in [0.2, 0.25) is 0 Å². The molecule has 6 nitrogen and oxygen atoms in total. The van der Waals surface area contributed by atoms with E-state index in [1.165, 1.54) is 0 Å². The molecule has 3 amide bonds. The molecule has 0 heterocycles. The molecular weight excluding hydrogens is 450 g/mol. The Hall–Kier alpha value is -4.71. The first-order chi connectivity index (χ1) is 17.5. The van der Waals surface area contributed by atoms with Crippen LogP contribution in [0.15, 0.2) is 109 Å². The largest absolute Gasteiger partial charge is 0.322 e. The predicted octanol–water partition coefficient (Wildman–Crippen LogP) is 5.79. The Kier molecular flexibility index (Phi) is 7.88. The minimum atomic E-state index is -0.263. The van der Waals surface area contributed by atoms with Gasteiger partial charge in [0.05, 0.1) is 6.42 Å². The minimum absolute atomic E-state index is 0.0138. The topological polar surface area (TPSA) is 78.5 Å². The average Bonchev–Trinajstić information content (AvgIpc) is 2.91. The SMILES string of the molecule is CCN(C(=O)Cc1ccc(NC(=O)c2ccc(NC(=O)c3ccccc3)cc2)cc1)c1ccccc1. The number of hydrogen-bond acceptors (Lipinski definition) is 3. The maximum Gasteiger partial charge on any atom is 0.255 e. The van der Waals surface area contributed by atoms with Gasteiger partial charge in [-0.3, -0.25) is 14.4 Å². The third-order valence-electron chi connectivity index (χ3n) is 5.69. The van der Waals surface area contributed by atoms with Gasteiger partial charge in [-0.2, -0.15) is 0 Å². The van der Waals surface area contributed by atoms with Crippen molar-refractivity contribution in [2.24, 2.45) is 0 Å². The molecule has 0 fully saturated rings. The lowest BCUT2D eigenvalue weighted by molar-refractivity contribution is -0.117. The first-order valence-electron chi connectivity index (χ1n) is 11.8. The second kappa shape index (κ2) is 11.6. The summed E-state index contributed by atoms with van der Waals surface area (Å²) in [5, 5.41) is 5.68. The molecule has 0 unspecified atom stereocenters. The lowest BCUT2D eigenvalue weighted by Crippen LogP contribution is -2.31. The maximum absolute atomic E-state index is 12.8. The van der Waals surface area contributed by atoms with Gasteiger partial charge in [0, 0.05) is 34.7 Å². The van der Waals surface area contributed by atoms with Crippen LogP contribution in [0, 0.1) is 0 Å². The van der Waals surface area contributed by atoms with Gasteiger partial charge in [-0.05, 0) is 73.2 Å². The molecule has 0 aliphatic carbocycles. The number of carbonyl (C=O) groups is 3. The molecule has 0 radical (unpaired) electrons. The third-order valence-corrected chi connectivity index (χ3v) is 5.69. The van der Waals surface area contributed by atoms with E-state index < -0.39 is 0 Å². The van der Waals surface area contributed by atoms with E-state index in [9.17, 15) is 14.4 Å². The summed E-state index contributed by atoms with van der Waals surface area (Å²) in [4.78, 5) is 39.5. The first kappa shape index (κ1) is 24.4. The average molecular weight is 478 g/mol. The molecule has 0 aromatic heterocycles. The van der Waals surface area contributed by atoms with Crippen LogP contribution in [0.1, 0.15) is 33.2 Å². The van der Waals surface area contributed by atoms with E-state index in [0.717, 1.165) is 11.3 Å². The highest BCUT2D eigenvalue weighted by Crippen LogP contribution is 2.17. The molecule has 0 atom stereocenters. The molecule has 0 aliphatic heterocycles. The summed E-state index contributed by atoms with van der Waals surface area (Å²) < 4.78 is 0. The molecule has 4 aromatic rings. The number of carbonyl (C=O) groups excluding carboxylic acids is 3. The lowest BCUT2D eigenvalue weighted by Gasteiger charge is -2.21. The molecule has 0 aliphatic rings. The highest BCUT2D eigenvalue weighted by Gasteiger charge is 2.14. The van der Waals surface area contributed by atoms with Crippen LogP contribution < -0.4 is 15.5 Å². The summed E-state index contributed by atoms with van der Waals surface area (Å²) in [6.07, 6.45) is 0.271.